The van der Waals surface area contributed by atoms with Crippen molar-refractivity contribution in [3.8, 4) is 0 Å². The van der Waals surface area contributed by atoms with Crippen LogP contribution in [0.2, 0.25) is 0 Å². The predicted molar refractivity (Wildman–Crippen MR) is 104 cm³/mol. The molecule has 9 atom stereocenters. The number of aliphatic hydroxyl groups excluding tert-OH is 1. The lowest BCUT2D eigenvalue weighted by Crippen LogP contribution is -2.70. The lowest BCUT2D eigenvalue weighted by atomic mass is 9.44. The molecule has 0 amide bonds. The minimum absolute atomic E-state index is 0.0428. The molecule has 0 aromatic rings. The molecule has 0 radical (unpaired) electrons. The molecule has 170 valence electrons. The number of aliphatic carboxylic acids is 1. The Morgan fingerprint density at radius 1 is 1.19 bits per heavy atom. The van der Waals surface area contributed by atoms with Crippen LogP contribution in [0, 0.1) is 22.7 Å². The van der Waals surface area contributed by atoms with E-state index in [9.17, 15) is 19.8 Å². The fourth-order valence-corrected chi connectivity index (χ4v) is 7.67. The van der Waals surface area contributed by atoms with Crippen molar-refractivity contribution in [3.05, 3.63) is 23.8 Å². The summed E-state index contributed by atoms with van der Waals surface area (Å²) in [4.78, 5) is 24.5. The van der Waals surface area contributed by atoms with Crippen LogP contribution in [0.25, 0.3) is 0 Å². The third kappa shape index (κ3) is 2.21. The fourth-order valence-electron chi connectivity index (χ4n) is 7.67. The van der Waals surface area contributed by atoms with Crippen molar-refractivity contribution >= 4 is 11.8 Å². The molecule has 1 saturated heterocycles. The highest BCUT2D eigenvalue weighted by Crippen LogP contribution is 2.72. The smallest absolute Gasteiger partial charge is 0.339 e. The van der Waals surface area contributed by atoms with E-state index in [0.29, 0.717) is 0 Å². The zero-order valence-corrected chi connectivity index (χ0v) is 18.0. The Balaban J connectivity index is 1.66. The topological polar surface area (TPSA) is 93.1 Å². The van der Waals surface area contributed by atoms with Crippen molar-refractivity contribution in [3.63, 3.8) is 0 Å². The number of fused-ring (bicyclic) bond motifs is 7. The van der Waals surface area contributed by atoms with Gasteiger partial charge in [0.15, 0.2) is 22.8 Å². The van der Waals surface area contributed by atoms with E-state index in [1.54, 1.807) is 20.8 Å². The summed E-state index contributed by atoms with van der Waals surface area (Å²) in [5.74, 6) is -4.31. The molecule has 0 aromatic carbocycles. The minimum Gasteiger partial charge on any atom is -0.479 e. The zero-order chi connectivity index (χ0) is 22.8. The monoisotopic (exact) mass is 438 g/mol. The van der Waals surface area contributed by atoms with Gasteiger partial charge in [-0.1, -0.05) is 13.0 Å². The maximum Gasteiger partial charge on any atom is 0.339 e. The fraction of sp³-hybridized carbons (Fsp3) is 0.739. The molecule has 4 fully saturated rings. The van der Waals surface area contributed by atoms with Crippen molar-refractivity contribution in [1.29, 1.82) is 0 Å². The van der Waals surface area contributed by atoms with Gasteiger partial charge in [-0.25, -0.2) is 13.6 Å². The van der Waals surface area contributed by atoms with E-state index in [-0.39, 0.29) is 24.8 Å². The summed E-state index contributed by atoms with van der Waals surface area (Å²) in [6, 6.07) is 0. The number of ketones is 1. The second-order valence-corrected chi connectivity index (χ2v) is 10.7. The number of allylic oxidation sites excluding steroid dienone is 4. The van der Waals surface area contributed by atoms with Crippen molar-refractivity contribution in [2.45, 2.75) is 82.4 Å². The number of hydrogen-bond acceptors (Lipinski definition) is 5. The predicted octanol–water partition coefficient (Wildman–Crippen LogP) is 2.89. The van der Waals surface area contributed by atoms with Crippen LogP contribution in [0.5, 0.6) is 0 Å². The minimum atomic E-state index is -2.25. The first-order valence-corrected chi connectivity index (χ1v) is 10.8. The Kier molecular flexibility index (Phi) is 3.99. The zero-order valence-electron chi connectivity index (χ0n) is 18.0. The van der Waals surface area contributed by atoms with Gasteiger partial charge in [-0.15, -0.1) is 0 Å². The summed E-state index contributed by atoms with van der Waals surface area (Å²) in [5, 5.41) is 21.5. The number of carbonyl (C=O) groups excluding carboxylic acids is 1. The Labute approximate surface area is 179 Å². The van der Waals surface area contributed by atoms with E-state index >= 15 is 8.78 Å². The second kappa shape index (κ2) is 5.83. The number of carboxylic acid groups (broad SMARTS) is 1. The maximum atomic E-state index is 17.0. The molecule has 1 unspecified atom stereocenters. The number of ether oxygens (including phenoxy) is 2. The van der Waals surface area contributed by atoms with Gasteiger partial charge in [-0.05, 0) is 63.7 Å². The van der Waals surface area contributed by atoms with Gasteiger partial charge in [0.05, 0.1) is 6.10 Å². The largest absolute Gasteiger partial charge is 0.479 e. The summed E-state index contributed by atoms with van der Waals surface area (Å²) in [6.07, 6.45) is -0.459. The summed E-state index contributed by atoms with van der Waals surface area (Å²) >= 11 is 0. The molecule has 2 N–H and O–H groups in total. The van der Waals surface area contributed by atoms with Crippen LogP contribution in [-0.4, -0.2) is 57.4 Å². The average Bonchev–Trinajstić information content (AvgIpc) is 3.06. The normalized spacial score (nSPS) is 54.5. The van der Waals surface area contributed by atoms with Gasteiger partial charge in [0.2, 0.25) is 0 Å². The first kappa shape index (κ1) is 21.2. The van der Waals surface area contributed by atoms with E-state index < -0.39 is 69.9 Å². The number of rotatable bonds is 1. The number of carbonyl (C=O) groups is 2. The number of carboxylic acids is 1. The van der Waals surface area contributed by atoms with Crippen molar-refractivity contribution in [2.75, 3.05) is 0 Å². The molecular formula is C23H28F2O6. The van der Waals surface area contributed by atoms with Gasteiger partial charge in [0.1, 0.15) is 12.3 Å². The second-order valence-electron chi connectivity index (χ2n) is 10.7. The molecule has 1 heterocycles. The molecule has 1 aliphatic heterocycles. The van der Waals surface area contributed by atoms with Crippen molar-refractivity contribution < 1.29 is 38.1 Å². The van der Waals surface area contributed by atoms with Gasteiger partial charge < -0.3 is 19.7 Å². The Morgan fingerprint density at radius 3 is 2.52 bits per heavy atom. The standard InChI is InChI=1S/C23H28F2O6/c1-19(2)30-17-9-12-13-8-15(24)14-7-11(26)5-6-20(14,3)22(13,25)16(27)10-21(12,4)23(17,31-19)18(28)29/h5-7,12-13,15-17,27H,8-10H2,1-4H3,(H,28,29)/t12-,13-,15-,16-,17+,20?,21-,22-,23-/m0/s1. The van der Waals surface area contributed by atoms with Crippen LogP contribution in [0.1, 0.15) is 47.0 Å². The number of alkyl halides is 2. The molecule has 31 heavy (non-hydrogen) atoms. The summed E-state index contributed by atoms with van der Waals surface area (Å²) in [7, 11) is 0. The molecule has 3 saturated carbocycles. The number of aliphatic hydroxyl groups is 1. The van der Waals surface area contributed by atoms with E-state index in [4.69, 9.17) is 9.47 Å². The van der Waals surface area contributed by atoms with E-state index in [1.807, 2.05) is 0 Å². The SMILES string of the molecule is CC1(C)O[C@@H]2C[C@H]3[C@@H]4C[C@H](F)C5=CC(=O)C=CC5(C)[C@@]4(F)[C@@H](O)C[C@]3(C)[C@]2(C(=O)O)O1. The van der Waals surface area contributed by atoms with E-state index in [2.05, 4.69) is 0 Å². The Bertz CT molecular complexity index is 944. The molecule has 0 bridgehead atoms. The third-order valence-electron chi connectivity index (χ3n) is 8.94. The van der Waals surface area contributed by atoms with E-state index in [0.717, 1.165) is 6.08 Å². The van der Waals surface area contributed by atoms with Gasteiger partial charge >= 0.3 is 5.97 Å². The van der Waals surface area contributed by atoms with E-state index in [1.165, 1.54) is 19.1 Å². The highest BCUT2D eigenvalue weighted by atomic mass is 19.1. The lowest BCUT2D eigenvalue weighted by Gasteiger charge is -2.62. The van der Waals surface area contributed by atoms with Gasteiger partial charge in [-0.3, -0.25) is 4.79 Å². The summed E-state index contributed by atoms with van der Waals surface area (Å²) in [5.41, 5.74) is -6.63. The molecule has 0 aromatic heterocycles. The third-order valence-corrected chi connectivity index (χ3v) is 8.94. The first-order chi connectivity index (χ1) is 14.2. The molecule has 0 spiro atoms. The van der Waals surface area contributed by atoms with Crippen molar-refractivity contribution in [1.82, 2.24) is 0 Å². The van der Waals surface area contributed by atoms with Crippen LogP contribution in [0.15, 0.2) is 23.8 Å². The van der Waals surface area contributed by atoms with Crippen LogP contribution < -0.4 is 0 Å². The quantitative estimate of drug-likeness (QED) is 0.654. The number of hydrogen-bond donors (Lipinski definition) is 2. The molecule has 4 aliphatic carbocycles. The highest BCUT2D eigenvalue weighted by Gasteiger charge is 2.81. The Hall–Kier alpha value is -1.64. The van der Waals surface area contributed by atoms with Crippen LogP contribution in [0.3, 0.4) is 0 Å². The first-order valence-electron chi connectivity index (χ1n) is 10.8. The maximum absolute atomic E-state index is 17.0. The Morgan fingerprint density at radius 2 is 1.87 bits per heavy atom. The average molecular weight is 438 g/mol. The highest BCUT2D eigenvalue weighted by molar-refractivity contribution is 6.01. The summed E-state index contributed by atoms with van der Waals surface area (Å²) < 4.78 is 44.4. The van der Waals surface area contributed by atoms with Gasteiger partial charge in [0, 0.05) is 16.7 Å². The van der Waals surface area contributed by atoms with Crippen LogP contribution in [-0.2, 0) is 19.1 Å². The van der Waals surface area contributed by atoms with Gasteiger partial charge in [0.25, 0.3) is 0 Å². The molecule has 5 aliphatic rings. The lowest BCUT2D eigenvalue weighted by molar-refractivity contribution is -0.253. The van der Waals surface area contributed by atoms with Gasteiger partial charge in [-0.2, -0.15) is 0 Å². The molecular weight excluding hydrogens is 410 g/mol. The number of halogens is 2. The molecule has 6 nitrogen and oxygen atoms in total. The summed E-state index contributed by atoms with van der Waals surface area (Å²) in [6.45, 7) is 6.48. The molecule has 5 rings (SSSR count). The van der Waals surface area contributed by atoms with Crippen molar-refractivity contribution in [2.24, 2.45) is 22.7 Å². The van der Waals surface area contributed by atoms with Crippen LogP contribution in [0.4, 0.5) is 8.78 Å². The molecule has 8 heteroatoms. The van der Waals surface area contributed by atoms with Crippen LogP contribution >= 0.6 is 0 Å².